The summed E-state index contributed by atoms with van der Waals surface area (Å²) in [4.78, 5) is 11.0. The number of nitrogens with zero attached hydrogens (tertiary/aromatic N) is 4. The molecule has 0 bridgehead atoms. The quantitative estimate of drug-likeness (QED) is 0.781. The van der Waals surface area contributed by atoms with Crippen LogP contribution in [0.2, 0.25) is 0 Å². The molecule has 18 heavy (non-hydrogen) atoms. The predicted octanol–water partition coefficient (Wildman–Crippen LogP) is 1.64. The fourth-order valence-corrected chi connectivity index (χ4v) is 1.97. The van der Waals surface area contributed by atoms with E-state index in [1.165, 1.54) is 0 Å². The van der Waals surface area contributed by atoms with E-state index < -0.39 is 20.7 Å². The van der Waals surface area contributed by atoms with Crippen molar-refractivity contribution < 1.29 is 4.79 Å². The number of hydrogen-bond acceptors (Lipinski definition) is 5. The fraction of sp³-hybridized carbons (Fsp3) is 0.167. The van der Waals surface area contributed by atoms with E-state index in [0.717, 1.165) is 11.1 Å². The summed E-state index contributed by atoms with van der Waals surface area (Å²) in [6.45, 7) is 1.57. The molecule has 0 saturated carbocycles. The second-order valence-corrected chi connectivity index (χ2v) is 5.43. The summed E-state index contributed by atoms with van der Waals surface area (Å²) in [5.41, 5.74) is 1.82. The number of ketones is 1. The number of carbonyl (C=O) groups excluding carboxylic acids is 1. The number of aromatic nitrogens is 4. The predicted molar refractivity (Wildman–Crippen MR) is 77.3 cm³/mol. The number of hydrogen-bond donors (Lipinski definition) is 0. The van der Waals surface area contributed by atoms with Crippen LogP contribution in [0.3, 0.4) is 0 Å². The average Bonchev–Trinajstić information content (AvgIpc) is 2.39. The molecule has 1 aromatic heterocycles. The normalized spacial score (nSPS) is 10.3. The summed E-state index contributed by atoms with van der Waals surface area (Å²) in [5, 5.41) is 15.9. The van der Waals surface area contributed by atoms with Crippen LogP contribution in [0.4, 0.5) is 0 Å². The van der Waals surface area contributed by atoms with Crippen molar-refractivity contribution in [1.82, 2.24) is 20.4 Å². The van der Waals surface area contributed by atoms with Crippen LogP contribution in [-0.2, 0) is 11.2 Å². The van der Waals surface area contributed by atoms with Gasteiger partial charge < -0.3 is 0 Å². The van der Waals surface area contributed by atoms with Crippen LogP contribution in [0.25, 0.3) is 11.4 Å². The Bertz CT molecular complexity index is 566. The topological polar surface area (TPSA) is 68.6 Å². The van der Waals surface area contributed by atoms with E-state index >= 15 is 0 Å². The number of Topliss-reactive ketones (excluding diaryl/α,β-unsaturated/α-hetero) is 1. The molecule has 0 spiro atoms. The van der Waals surface area contributed by atoms with Crippen LogP contribution in [0.5, 0.6) is 0 Å². The van der Waals surface area contributed by atoms with Crippen molar-refractivity contribution in [3.63, 3.8) is 0 Å². The van der Waals surface area contributed by atoms with Gasteiger partial charge in [0.25, 0.3) is 0 Å². The number of halogens is 1. The molecule has 0 unspecified atom stereocenters. The highest BCUT2D eigenvalue weighted by atomic mass is 127. The lowest BCUT2D eigenvalue weighted by atomic mass is 10.1. The van der Waals surface area contributed by atoms with Gasteiger partial charge in [0.05, 0.1) is 0 Å². The van der Waals surface area contributed by atoms with E-state index in [9.17, 15) is 4.79 Å². The van der Waals surface area contributed by atoms with Gasteiger partial charge in [0.1, 0.15) is 5.78 Å². The second kappa shape index (κ2) is 5.85. The molecule has 0 saturated heterocycles. The highest BCUT2D eigenvalue weighted by Gasteiger charge is 2.04. The summed E-state index contributed by atoms with van der Waals surface area (Å²) < 4.78 is 4.40. The van der Waals surface area contributed by atoms with E-state index in [4.69, 9.17) is 0 Å². The monoisotopic (exact) mass is 354 g/mol. The maximum absolute atomic E-state index is 11.0. The molecule has 0 aliphatic heterocycles. The van der Waals surface area contributed by atoms with Crippen LogP contribution >= 0.6 is 20.7 Å². The minimum atomic E-state index is -0.424. The van der Waals surface area contributed by atoms with Gasteiger partial charge >= 0.3 is 0 Å². The third-order valence-corrected chi connectivity index (χ3v) is 3.35. The zero-order valence-electron chi connectivity index (χ0n) is 9.80. The van der Waals surface area contributed by atoms with Gasteiger partial charge in [0, 0.05) is 12.0 Å². The molecule has 0 fully saturated rings. The lowest BCUT2D eigenvalue weighted by Crippen LogP contribution is -2.00. The molecule has 2 rings (SSSR count). The van der Waals surface area contributed by atoms with Crippen LogP contribution in [0.1, 0.15) is 12.5 Å². The van der Waals surface area contributed by atoms with Crippen molar-refractivity contribution in [1.29, 1.82) is 0 Å². The van der Waals surface area contributed by atoms with Crippen molar-refractivity contribution in [3.05, 3.63) is 33.7 Å². The number of benzene rings is 1. The van der Waals surface area contributed by atoms with E-state index in [2.05, 4.69) is 24.9 Å². The van der Waals surface area contributed by atoms with Crippen LogP contribution in [0, 0.1) is 3.83 Å². The molecule has 92 valence electrons. The minimum Gasteiger partial charge on any atom is -0.300 e. The lowest BCUT2D eigenvalue weighted by molar-refractivity contribution is -0.116. The SMILES string of the molecule is C=Ic1nnc(-c2ccc(CC(C)=O)cc2)nn1. The summed E-state index contributed by atoms with van der Waals surface area (Å²) >= 11 is -0.424. The van der Waals surface area contributed by atoms with E-state index in [1.54, 1.807) is 6.92 Å². The van der Waals surface area contributed by atoms with Crippen molar-refractivity contribution in [3.8, 4) is 11.4 Å². The van der Waals surface area contributed by atoms with Crippen LogP contribution in [0.15, 0.2) is 24.3 Å². The first kappa shape index (κ1) is 12.9. The molecule has 1 heterocycles. The molecule has 0 amide bonds. The molecule has 6 heteroatoms. The average molecular weight is 354 g/mol. The van der Waals surface area contributed by atoms with Crippen molar-refractivity contribution in [2.24, 2.45) is 0 Å². The molecular weight excluding hydrogens is 343 g/mol. The molecule has 0 radical (unpaired) electrons. The minimum absolute atomic E-state index is 0.144. The molecular formula is C12H11IN4O. The summed E-state index contributed by atoms with van der Waals surface area (Å²) in [6, 6.07) is 7.52. The molecule has 0 N–H and O–H groups in total. The van der Waals surface area contributed by atoms with Gasteiger partial charge in [0.15, 0.2) is 0 Å². The smallest absolute Gasteiger partial charge is 0.226 e. The molecule has 0 aliphatic carbocycles. The Hall–Kier alpha value is -1.57. The highest BCUT2D eigenvalue weighted by molar-refractivity contribution is 14.2. The molecule has 5 nitrogen and oxygen atoms in total. The maximum atomic E-state index is 11.0. The van der Waals surface area contributed by atoms with Gasteiger partial charge in [-0.1, -0.05) is 28.8 Å². The number of rotatable bonds is 4. The Morgan fingerprint density at radius 2 is 1.78 bits per heavy atom. The Morgan fingerprint density at radius 3 is 2.28 bits per heavy atom. The Morgan fingerprint density at radius 1 is 1.17 bits per heavy atom. The zero-order chi connectivity index (χ0) is 13.0. The van der Waals surface area contributed by atoms with Gasteiger partial charge in [-0.15, -0.1) is 20.4 Å². The van der Waals surface area contributed by atoms with Crippen LogP contribution < -0.4 is 0 Å². The van der Waals surface area contributed by atoms with Crippen molar-refractivity contribution in [2.75, 3.05) is 0 Å². The van der Waals surface area contributed by atoms with E-state index in [0.29, 0.717) is 16.1 Å². The number of carbonyl (C=O) groups is 1. The van der Waals surface area contributed by atoms with Gasteiger partial charge in [-0.3, -0.25) is 4.79 Å². The molecule has 1 aromatic carbocycles. The van der Waals surface area contributed by atoms with E-state index in [1.807, 2.05) is 24.3 Å². The van der Waals surface area contributed by atoms with Gasteiger partial charge in [-0.2, -0.15) is 0 Å². The second-order valence-electron chi connectivity index (χ2n) is 3.70. The van der Waals surface area contributed by atoms with Gasteiger partial charge in [-0.25, -0.2) is 0 Å². The third-order valence-electron chi connectivity index (χ3n) is 2.24. The summed E-state index contributed by atoms with van der Waals surface area (Å²) in [6.07, 6.45) is 0.447. The lowest BCUT2D eigenvalue weighted by Gasteiger charge is -2.00. The molecule has 0 aliphatic rings. The fourth-order valence-electron chi connectivity index (χ4n) is 1.45. The van der Waals surface area contributed by atoms with E-state index in [-0.39, 0.29) is 5.78 Å². The third kappa shape index (κ3) is 3.22. The highest BCUT2D eigenvalue weighted by Crippen LogP contribution is 2.14. The van der Waals surface area contributed by atoms with Gasteiger partial charge in [0.2, 0.25) is 9.66 Å². The maximum Gasteiger partial charge on any atom is 0.226 e. The first-order valence-electron chi connectivity index (χ1n) is 5.23. The van der Waals surface area contributed by atoms with Crippen molar-refractivity contribution in [2.45, 2.75) is 13.3 Å². The van der Waals surface area contributed by atoms with Gasteiger partial charge in [-0.05, 0) is 33.2 Å². The Balaban J connectivity index is 2.22. The molecule has 2 aromatic rings. The summed E-state index contributed by atoms with van der Waals surface area (Å²) in [5.74, 6) is 0.636. The standard InChI is InChI=1S/C12H11IN4O/c1-8(18)7-9-3-5-10(6-4-9)11-14-16-12(13-2)17-15-11/h3-6H,2,7H2,1H3. The van der Waals surface area contributed by atoms with Crippen LogP contribution in [-0.4, -0.2) is 30.7 Å². The Labute approximate surface area is 114 Å². The first-order valence-corrected chi connectivity index (χ1v) is 7.84. The van der Waals surface area contributed by atoms with Crippen molar-refractivity contribution >= 4 is 31.0 Å². The summed E-state index contributed by atoms with van der Waals surface area (Å²) in [7, 11) is 0. The molecule has 0 atom stereocenters. The Kier molecular flexibility index (Phi) is 4.19. The largest absolute Gasteiger partial charge is 0.300 e. The first-order chi connectivity index (χ1) is 8.69. The zero-order valence-corrected chi connectivity index (χ0v) is 12.0.